The van der Waals surface area contributed by atoms with Crippen LogP contribution in [0.1, 0.15) is 30.5 Å². The third kappa shape index (κ3) is 4.75. The number of hydrogen-bond acceptors (Lipinski definition) is 5. The lowest BCUT2D eigenvalue weighted by molar-refractivity contribution is -0.121. The number of thiocarbonyl (C=S) groups is 1. The Bertz CT molecular complexity index is 924. The topological polar surface area (TPSA) is 38.8 Å². The highest BCUT2D eigenvalue weighted by Crippen LogP contribution is 2.35. The van der Waals surface area contributed by atoms with Crippen LogP contribution in [-0.4, -0.2) is 28.3 Å². The first kappa shape index (κ1) is 20.4. The summed E-state index contributed by atoms with van der Waals surface area (Å²) in [6.45, 7) is 7.49. The summed E-state index contributed by atoms with van der Waals surface area (Å²) in [6.07, 6.45) is 1.85. The van der Waals surface area contributed by atoms with E-state index in [-0.39, 0.29) is 5.91 Å². The highest BCUT2D eigenvalue weighted by molar-refractivity contribution is 8.26. The van der Waals surface area contributed by atoms with Gasteiger partial charge in [-0.2, -0.15) is 0 Å². The van der Waals surface area contributed by atoms with Gasteiger partial charge >= 0.3 is 0 Å². The Kier molecular flexibility index (Phi) is 6.75. The van der Waals surface area contributed by atoms with Crippen LogP contribution in [0.15, 0.2) is 47.4 Å². The molecule has 1 saturated heterocycles. The SMILES string of the molecule is CCOc1cc(/C=C2/SC(=S)N(CC)C2=O)ccc1OCc1cccc(C)c1. The van der Waals surface area contributed by atoms with Crippen molar-refractivity contribution in [1.82, 2.24) is 4.90 Å². The van der Waals surface area contributed by atoms with E-state index in [0.717, 1.165) is 11.1 Å². The Labute approximate surface area is 175 Å². The molecule has 0 aromatic heterocycles. The van der Waals surface area contributed by atoms with Gasteiger partial charge in [-0.05, 0) is 50.1 Å². The van der Waals surface area contributed by atoms with Crippen molar-refractivity contribution in [1.29, 1.82) is 0 Å². The van der Waals surface area contributed by atoms with Crippen molar-refractivity contribution in [2.45, 2.75) is 27.4 Å². The number of hydrogen-bond donors (Lipinski definition) is 0. The van der Waals surface area contributed by atoms with E-state index in [9.17, 15) is 4.79 Å². The number of carbonyl (C=O) groups is 1. The molecule has 0 aliphatic carbocycles. The maximum atomic E-state index is 12.4. The molecule has 1 heterocycles. The van der Waals surface area contributed by atoms with E-state index in [0.29, 0.717) is 40.5 Å². The van der Waals surface area contributed by atoms with Crippen molar-refractivity contribution in [3.8, 4) is 11.5 Å². The first-order chi connectivity index (χ1) is 13.5. The molecule has 1 aliphatic rings. The summed E-state index contributed by atoms with van der Waals surface area (Å²) in [6, 6.07) is 13.9. The molecule has 0 N–H and O–H groups in total. The molecule has 1 aliphatic heterocycles. The van der Waals surface area contributed by atoms with Gasteiger partial charge in [0.15, 0.2) is 11.5 Å². The lowest BCUT2D eigenvalue weighted by Crippen LogP contribution is -2.27. The largest absolute Gasteiger partial charge is 0.490 e. The molecule has 0 unspecified atom stereocenters. The second-order valence-corrected chi connectivity index (χ2v) is 8.02. The molecule has 0 spiro atoms. The van der Waals surface area contributed by atoms with Crippen molar-refractivity contribution >= 4 is 40.3 Å². The summed E-state index contributed by atoms with van der Waals surface area (Å²) in [5.41, 5.74) is 3.18. The number of aryl methyl sites for hydroxylation is 1. The van der Waals surface area contributed by atoms with Crippen LogP contribution in [0, 0.1) is 6.92 Å². The molecular formula is C22H23NO3S2. The van der Waals surface area contributed by atoms with Crippen molar-refractivity contribution in [2.75, 3.05) is 13.2 Å². The van der Waals surface area contributed by atoms with Gasteiger partial charge in [0.2, 0.25) is 0 Å². The molecule has 3 rings (SSSR count). The van der Waals surface area contributed by atoms with Crippen LogP contribution in [-0.2, 0) is 11.4 Å². The summed E-state index contributed by atoms with van der Waals surface area (Å²) in [5, 5.41) is 0. The Hall–Kier alpha value is -2.31. The number of carbonyl (C=O) groups excluding carboxylic acids is 1. The maximum Gasteiger partial charge on any atom is 0.266 e. The fourth-order valence-electron chi connectivity index (χ4n) is 2.89. The van der Waals surface area contributed by atoms with Gasteiger partial charge in [0.1, 0.15) is 10.9 Å². The Morgan fingerprint density at radius 2 is 1.93 bits per heavy atom. The van der Waals surface area contributed by atoms with Crippen molar-refractivity contribution in [2.24, 2.45) is 0 Å². The van der Waals surface area contributed by atoms with Crippen LogP contribution in [0.3, 0.4) is 0 Å². The van der Waals surface area contributed by atoms with Gasteiger partial charge in [-0.1, -0.05) is 59.9 Å². The van der Waals surface area contributed by atoms with Crippen LogP contribution in [0.5, 0.6) is 11.5 Å². The summed E-state index contributed by atoms with van der Waals surface area (Å²) in [7, 11) is 0. The molecule has 28 heavy (non-hydrogen) atoms. The number of rotatable bonds is 7. The average molecular weight is 414 g/mol. The first-order valence-corrected chi connectivity index (χ1v) is 10.4. The maximum absolute atomic E-state index is 12.4. The van der Waals surface area contributed by atoms with Crippen LogP contribution in [0.25, 0.3) is 6.08 Å². The fraction of sp³-hybridized carbons (Fsp3) is 0.273. The Morgan fingerprint density at radius 3 is 2.61 bits per heavy atom. The minimum Gasteiger partial charge on any atom is -0.490 e. The van der Waals surface area contributed by atoms with E-state index in [2.05, 4.69) is 19.1 Å². The smallest absolute Gasteiger partial charge is 0.266 e. The quantitative estimate of drug-likeness (QED) is 0.461. The molecule has 0 atom stereocenters. The normalized spacial score (nSPS) is 15.4. The van der Waals surface area contributed by atoms with Crippen molar-refractivity contribution in [3.05, 3.63) is 64.1 Å². The number of nitrogens with zero attached hydrogens (tertiary/aromatic N) is 1. The minimum absolute atomic E-state index is 0.0461. The molecule has 146 valence electrons. The molecule has 0 saturated carbocycles. The van der Waals surface area contributed by atoms with Gasteiger partial charge in [0.25, 0.3) is 5.91 Å². The third-order valence-electron chi connectivity index (χ3n) is 4.23. The monoisotopic (exact) mass is 413 g/mol. The number of thioether (sulfide) groups is 1. The van der Waals surface area contributed by atoms with Crippen molar-refractivity contribution < 1.29 is 14.3 Å². The zero-order chi connectivity index (χ0) is 20.1. The standard InChI is InChI=1S/C22H23NO3S2/c1-4-23-21(24)20(28-22(23)27)13-16-9-10-18(19(12-16)25-5-2)26-14-17-8-6-7-15(3)11-17/h6-13H,4-5,14H2,1-3H3/b20-13+. The van der Waals surface area contributed by atoms with Crippen LogP contribution in [0.4, 0.5) is 0 Å². The number of amides is 1. The van der Waals surface area contributed by atoms with Crippen molar-refractivity contribution in [3.63, 3.8) is 0 Å². The molecule has 0 radical (unpaired) electrons. The molecule has 2 aromatic carbocycles. The van der Waals surface area contributed by atoms with Gasteiger partial charge < -0.3 is 9.47 Å². The van der Waals surface area contributed by atoms with Crippen LogP contribution < -0.4 is 9.47 Å². The van der Waals surface area contributed by atoms with Gasteiger partial charge in [-0.25, -0.2) is 0 Å². The minimum atomic E-state index is -0.0461. The predicted molar refractivity (Wildman–Crippen MR) is 119 cm³/mol. The van der Waals surface area contributed by atoms with Gasteiger partial charge in [0, 0.05) is 6.54 Å². The van der Waals surface area contributed by atoms with E-state index < -0.39 is 0 Å². The molecule has 0 bridgehead atoms. The van der Waals surface area contributed by atoms with Crippen LogP contribution in [0.2, 0.25) is 0 Å². The zero-order valence-electron chi connectivity index (χ0n) is 16.2. The summed E-state index contributed by atoms with van der Waals surface area (Å²) in [4.78, 5) is 14.6. The molecule has 1 amide bonds. The van der Waals surface area contributed by atoms with E-state index in [4.69, 9.17) is 21.7 Å². The van der Waals surface area contributed by atoms with E-state index >= 15 is 0 Å². The third-order valence-corrected chi connectivity index (χ3v) is 5.61. The number of ether oxygens (including phenoxy) is 2. The predicted octanol–water partition coefficient (Wildman–Crippen LogP) is 5.19. The second-order valence-electron chi connectivity index (χ2n) is 6.34. The number of benzene rings is 2. The number of likely N-dealkylation sites (N-methyl/N-ethyl adjacent to an activating group) is 1. The molecule has 2 aromatic rings. The highest BCUT2D eigenvalue weighted by atomic mass is 32.2. The Morgan fingerprint density at radius 1 is 1.11 bits per heavy atom. The highest BCUT2D eigenvalue weighted by Gasteiger charge is 2.30. The second kappa shape index (κ2) is 9.26. The van der Waals surface area contributed by atoms with E-state index in [1.54, 1.807) is 4.90 Å². The molecule has 4 nitrogen and oxygen atoms in total. The lowest BCUT2D eigenvalue weighted by atomic mass is 10.1. The van der Waals surface area contributed by atoms with Gasteiger partial charge in [-0.3, -0.25) is 9.69 Å². The molecule has 1 fully saturated rings. The summed E-state index contributed by atoms with van der Waals surface area (Å²) >= 11 is 6.60. The van der Waals surface area contributed by atoms with Gasteiger partial charge in [0.05, 0.1) is 11.5 Å². The zero-order valence-corrected chi connectivity index (χ0v) is 17.9. The average Bonchev–Trinajstić information content (AvgIpc) is 2.94. The summed E-state index contributed by atoms with van der Waals surface area (Å²) < 4.78 is 12.3. The van der Waals surface area contributed by atoms with Gasteiger partial charge in [-0.15, -0.1) is 0 Å². The lowest BCUT2D eigenvalue weighted by Gasteiger charge is -2.13. The van der Waals surface area contributed by atoms with E-state index in [1.165, 1.54) is 17.3 Å². The van der Waals surface area contributed by atoms with Crippen LogP contribution >= 0.6 is 24.0 Å². The molecular weight excluding hydrogens is 390 g/mol. The first-order valence-electron chi connectivity index (χ1n) is 9.22. The molecule has 6 heteroatoms. The Balaban J connectivity index is 1.80. The van der Waals surface area contributed by atoms with E-state index in [1.807, 2.05) is 50.3 Å². The summed E-state index contributed by atoms with van der Waals surface area (Å²) in [5.74, 6) is 1.30. The fourth-order valence-corrected chi connectivity index (χ4v) is 4.27.